The molecular weight excluding hydrogens is 268 g/mol. The molecule has 1 atom stereocenters. The number of aliphatic hydroxyl groups is 1. The van der Waals surface area contributed by atoms with Crippen LogP contribution in [0.5, 0.6) is 0 Å². The zero-order chi connectivity index (χ0) is 11.4. The average molecular weight is 279 g/mol. The quantitative estimate of drug-likeness (QED) is 0.939. The Morgan fingerprint density at radius 3 is 2.75 bits per heavy atom. The van der Waals surface area contributed by atoms with Gasteiger partial charge in [-0.1, -0.05) is 6.07 Å². The summed E-state index contributed by atoms with van der Waals surface area (Å²) in [7, 11) is 0. The Balaban J connectivity index is 2.09. The van der Waals surface area contributed by atoms with Crippen molar-refractivity contribution in [3.63, 3.8) is 0 Å². The fraction of sp³-hybridized carbons (Fsp3) is 0.167. The van der Waals surface area contributed by atoms with Crippen molar-refractivity contribution in [2.75, 3.05) is 0 Å². The molecule has 2 heterocycles. The van der Waals surface area contributed by atoms with Crippen molar-refractivity contribution in [1.29, 1.82) is 0 Å². The third-order valence-corrected chi connectivity index (χ3v) is 2.71. The predicted molar refractivity (Wildman–Crippen MR) is 64.8 cm³/mol. The van der Waals surface area contributed by atoms with Gasteiger partial charge in [0.2, 0.25) is 0 Å². The zero-order valence-electron chi connectivity index (χ0n) is 8.55. The normalized spacial score (nSPS) is 12.4. The molecule has 0 saturated heterocycles. The second-order valence-corrected chi connectivity index (χ2v) is 4.40. The number of pyridine rings is 2. The molecular formula is C12H11BrN2O. The molecule has 0 spiro atoms. The molecule has 2 aromatic rings. The second-order valence-electron chi connectivity index (χ2n) is 3.48. The monoisotopic (exact) mass is 278 g/mol. The van der Waals surface area contributed by atoms with Crippen LogP contribution in [0.1, 0.15) is 17.4 Å². The molecule has 0 saturated carbocycles. The first-order chi connectivity index (χ1) is 7.75. The van der Waals surface area contributed by atoms with Crippen LogP contribution in [0.25, 0.3) is 0 Å². The van der Waals surface area contributed by atoms with Crippen molar-refractivity contribution < 1.29 is 5.11 Å². The Hall–Kier alpha value is -1.26. The van der Waals surface area contributed by atoms with E-state index in [9.17, 15) is 5.11 Å². The van der Waals surface area contributed by atoms with Crippen LogP contribution in [0.2, 0.25) is 0 Å². The van der Waals surface area contributed by atoms with Crippen LogP contribution in [0.15, 0.2) is 47.3 Å². The summed E-state index contributed by atoms with van der Waals surface area (Å²) in [5, 5.41) is 9.96. The Kier molecular flexibility index (Phi) is 3.64. The first-order valence-corrected chi connectivity index (χ1v) is 5.73. The molecule has 0 bridgehead atoms. The summed E-state index contributed by atoms with van der Waals surface area (Å²) >= 11 is 3.31. The molecule has 0 aliphatic heterocycles. The van der Waals surface area contributed by atoms with Crippen LogP contribution >= 0.6 is 15.9 Å². The lowest BCUT2D eigenvalue weighted by Crippen LogP contribution is -2.04. The highest BCUT2D eigenvalue weighted by Gasteiger charge is 2.09. The van der Waals surface area contributed by atoms with Crippen molar-refractivity contribution in [3.05, 3.63) is 58.6 Å². The van der Waals surface area contributed by atoms with E-state index < -0.39 is 6.10 Å². The maximum Gasteiger partial charge on any atom is 0.1000 e. The van der Waals surface area contributed by atoms with Gasteiger partial charge in [-0.2, -0.15) is 0 Å². The Labute approximate surface area is 102 Å². The molecule has 4 heteroatoms. The van der Waals surface area contributed by atoms with Gasteiger partial charge >= 0.3 is 0 Å². The number of aromatic nitrogens is 2. The van der Waals surface area contributed by atoms with Crippen molar-refractivity contribution in [1.82, 2.24) is 9.97 Å². The van der Waals surface area contributed by atoms with Gasteiger partial charge < -0.3 is 5.11 Å². The summed E-state index contributed by atoms with van der Waals surface area (Å²) in [6, 6.07) is 7.48. The van der Waals surface area contributed by atoms with Crippen LogP contribution in [0, 0.1) is 0 Å². The maximum absolute atomic E-state index is 9.96. The van der Waals surface area contributed by atoms with E-state index in [1.54, 1.807) is 18.6 Å². The van der Waals surface area contributed by atoms with E-state index in [1.807, 2.05) is 24.3 Å². The average Bonchev–Trinajstić information content (AvgIpc) is 2.31. The van der Waals surface area contributed by atoms with Gasteiger partial charge in [-0.3, -0.25) is 9.97 Å². The van der Waals surface area contributed by atoms with Gasteiger partial charge in [0.15, 0.2) is 0 Å². The molecule has 0 radical (unpaired) electrons. The fourth-order valence-corrected chi connectivity index (χ4v) is 1.67. The molecule has 82 valence electrons. The van der Waals surface area contributed by atoms with Crippen LogP contribution in [0.4, 0.5) is 0 Å². The highest BCUT2D eigenvalue weighted by Crippen LogP contribution is 2.17. The Morgan fingerprint density at radius 1 is 1.25 bits per heavy atom. The predicted octanol–water partition coefficient (Wildman–Crippen LogP) is 2.52. The van der Waals surface area contributed by atoms with E-state index in [-0.39, 0.29) is 0 Å². The molecule has 1 unspecified atom stereocenters. The zero-order valence-corrected chi connectivity index (χ0v) is 10.1. The third-order valence-electron chi connectivity index (χ3n) is 2.24. The summed E-state index contributed by atoms with van der Waals surface area (Å²) in [5.74, 6) is 0. The van der Waals surface area contributed by atoms with Crippen LogP contribution in [-0.2, 0) is 6.42 Å². The molecule has 2 aromatic heterocycles. The topological polar surface area (TPSA) is 46.0 Å². The Bertz CT molecular complexity index is 444. The van der Waals surface area contributed by atoms with Crippen LogP contribution in [0.3, 0.4) is 0 Å². The lowest BCUT2D eigenvalue weighted by molar-refractivity contribution is 0.173. The van der Waals surface area contributed by atoms with Crippen molar-refractivity contribution >= 4 is 15.9 Å². The SMILES string of the molecule is OC(Cc1cccnc1)c1ccc(Br)cn1. The summed E-state index contributed by atoms with van der Waals surface area (Å²) in [6.07, 6.45) is 5.09. The number of nitrogens with zero attached hydrogens (tertiary/aromatic N) is 2. The van der Waals surface area contributed by atoms with Gasteiger partial charge in [-0.25, -0.2) is 0 Å². The number of hydrogen-bond acceptors (Lipinski definition) is 3. The summed E-state index contributed by atoms with van der Waals surface area (Å²) in [5.41, 5.74) is 1.67. The van der Waals surface area contributed by atoms with Gasteiger partial charge in [-0.15, -0.1) is 0 Å². The minimum atomic E-state index is -0.586. The summed E-state index contributed by atoms with van der Waals surface area (Å²) in [4.78, 5) is 8.16. The summed E-state index contributed by atoms with van der Waals surface area (Å²) < 4.78 is 0.907. The molecule has 3 nitrogen and oxygen atoms in total. The molecule has 0 fully saturated rings. The van der Waals surface area contributed by atoms with Crippen molar-refractivity contribution in [2.45, 2.75) is 12.5 Å². The molecule has 0 amide bonds. The van der Waals surface area contributed by atoms with Gasteiger partial charge in [-0.05, 0) is 39.7 Å². The van der Waals surface area contributed by atoms with Gasteiger partial charge in [0.05, 0.1) is 11.8 Å². The number of halogens is 1. The van der Waals surface area contributed by atoms with E-state index in [2.05, 4.69) is 25.9 Å². The highest BCUT2D eigenvalue weighted by atomic mass is 79.9. The molecule has 0 aromatic carbocycles. The smallest absolute Gasteiger partial charge is 0.1000 e. The van der Waals surface area contributed by atoms with Gasteiger partial charge in [0.25, 0.3) is 0 Å². The molecule has 16 heavy (non-hydrogen) atoms. The van der Waals surface area contributed by atoms with E-state index in [0.29, 0.717) is 12.1 Å². The third kappa shape index (κ3) is 2.87. The molecule has 0 aliphatic rings. The maximum atomic E-state index is 9.96. The molecule has 2 rings (SSSR count). The highest BCUT2D eigenvalue weighted by molar-refractivity contribution is 9.10. The van der Waals surface area contributed by atoms with Gasteiger partial charge in [0, 0.05) is 29.5 Å². The van der Waals surface area contributed by atoms with Gasteiger partial charge in [0.1, 0.15) is 0 Å². The number of aliphatic hydroxyl groups excluding tert-OH is 1. The molecule has 1 N–H and O–H groups in total. The fourth-order valence-electron chi connectivity index (χ4n) is 1.43. The minimum absolute atomic E-state index is 0.530. The van der Waals surface area contributed by atoms with E-state index >= 15 is 0 Å². The number of rotatable bonds is 3. The lowest BCUT2D eigenvalue weighted by atomic mass is 10.1. The first-order valence-electron chi connectivity index (χ1n) is 4.94. The largest absolute Gasteiger partial charge is 0.386 e. The van der Waals surface area contributed by atoms with E-state index in [1.165, 1.54) is 0 Å². The second kappa shape index (κ2) is 5.18. The van der Waals surface area contributed by atoms with Crippen LogP contribution in [-0.4, -0.2) is 15.1 Å². The Morgan fingerprint density at radius 2 is 2.12 bits per heavy atom. The number of hydrogen-bond donors (Lipinski definition) is 1. The first kappa shape index (κ1) is 11.2. The standard InChI is InChI=1S/C12H11BrN2O/c13-10-3-4-11(15-8-10)12(16)6-9-2-1-5-14-7-9/h1-5,7-8,12,16H,6H2. The van der Waals surface area contributed by atoms with E-state index in [0.717, 1.165) is 10.0 Å². The van der Waals surface area contributed by atoms with E-state index in [4.69, 9.17) is 0 Å². The molecule has 0 aliphatic carbocycles. The lowest BCUT2D eigenvalue weighted by Gasteiger charge is -2.09. The minimum Gasteiger partial charge on any atom is -0.386 e. The van der Waals surface area contributed by atoms with Crippen molar-refractivity contribution in [3.8, 4) is 0 Å². The van der Waals surface area contributed by atoms with Crippen LogP contribution < -0.4 is 0 Å². The summed E-state index contributed by atoms with van der Waals surface area (Å²) in [6.45, 7) is 0. The van der Waals surface area contributed by atoms with Crippen molar-refractivity contribution in [2.24, 2.45) is 0 Å².